The summed E-state index contributed by atoms with van der Waals surface area (Å²) in [6.07, 6.45) is 3.85. The van der Waals surface area contributed by atoms with Gasteiger partial charge in [-0.2, -0.15) is 5.10 Å². The number of aromatic nitrogens is 2. The van der Waals surface area contributed by atoms with E-state index in [2.05, 4.69) is 42.3 Å². The van der Waals surface area contributed by atoms with Crippen molar-refractivity contribution in [1.29, 1.82) is 0 Å². The van der Waals surface area contributed by atoms with E-state index in [1.807, 2.05) is 31.6 Å². The van der Waals surface area contributed by atoms with Crippen LogP contribution in [0.15, 0.2) is 40.1 Å². The first-order valence-corrected chi connectivity index (χ1v) is 9.28. The first-order valence-electron chi connectivity index (χ1n) is 8.49. The Kier molecular flexibility index (Phi) is 6.16. The Labute approximate surface area is 162 Å². The maximum absolute atomic E-state index is 5.91. The van der Waals surface area contributed by atoms with Crippen molar-refractivity contribution in [3.63, 3.8) is 0 Å². The average Bonchev–Trinajstić information content (AvgIpc) is 3.09. The van der Waals surface area contributed by atoms with Crippen molar-refractivity contribution in [1.82, 2.24) is 20.0 Å². The van der Waals surface area contributed by atoms with Crippen LogP contribution in [0.5, 0.6) is 5.75 Å². The number of aliphatic imine (C=N–C) groups is 1. The smallest absolute Gasteiger partial charge is 0.194 e. The number of nitrogens with zero attached hydrogens (tertiary/aromatic N) is 4. The molecule has 140 valence electrons. The van der Waals surface area contributed by atoms with Crippen LogP contribution in [0, 0.1) is 0 Å². The third kappa shape index (κ3) is 4.37. The van der Waals surface area contributed by atoms with Crippen molar-refractivity contribution in [2.24, 2.45) is 12.0 Å². The second-order valence-electron chi connectivity index (χ2n) is 6.11. The highest BCUT2D eigenvalue weighted by Crippen LogP contribution is 2.24. The number of halogens is 1. The molecule has 0 bridgehead atoms. The van der Waals surface area contributed by atoms with Gasteiger partial charge in [0.25, 0.3) is 0 Å². The highest BCUT2D eigenvalue weighted by atomic mass is 79.9. The zero-order valence-electron chi connectivity index (χ0n) is 15.3. The summed E-state index contributed by atoms with van der Waals surface area (Å²) in [6.45, 7) is 2.82. The number of aryl methyl sites for hydroxylation is 1. The molecule has 7 nitrogen and oxygen atoms in total. The summed E-state index contributed by atoms with van der Waals surface area (Å²) in [7, 11) is 5.40. The van der Waals surface area contributed by atoms with Crippen LogP contribution in [0.3, 0.4) is 0 Å². The van der Waals surface area contributed by atoms with E-state index >= 15 is 0 Å². The predicted octanol–water partition coefficient (Wildman–Crippen LogP) is 2.34. The standard InChI is InChI=1S/C18H24BrN5O2/c1-20-18(21-9-13-8-15(19)4-5-16(13)25-3)24-6-7-26-17(12-24)14-10-22-23(2)11-14/h4-5,8,10-11,17H,6-7,9,12H2,1-3H3,(H,20,21). The Morgan fingerprint density at radius 1 is 1.50 bits per heavy atom. The molecule has 26 heavy (non-hydrogen) atoms. The summed E-state index contributed by atoms with van der Waals surface area (Å²) in [6, 6.07) is 5.98. The summed E-state index contributed by atoms with van der Waals surface area (Å²) in [5, 5.41) is 7.67. The monoisotopic (exact) mass is 421 g/mol. The molecule has 3 rings (SSSR count). The molecule has 8 heteroatoms. The first-order chi connectivity index (χ1) is 12.6. The van der Waals surface area contributed by atoms with Crippen LogP contribution in [0.1, 0.15) is 17.2 Å². The van der Waals surface area contributed by atoms with E-state index in [9.17, 15) is 0 Å². The number of benzene rings is 1. The van der Waals surface area contributed by atoms with Crippen molar-refractivity contribution in [2.45, 2.75) is 12.6 Å². The number of morpholine rings is 1. The van der Waals surface area contributed by atoms with Gasteiger partial charge in [-0.1, -0.05) is 15.9 Å². The Hall–Kier alpha value is -2.06. The molecule has 1 N–H and O–H groups in total. The molecule has 1 aliphatic heterocycles. The summed E-state index contributed by atoms with van der Waals surface area (Å²) in [5.74, 6) is 1.70. The molecule has 1 atom stereocenters. The molecular weight excluding hydrogens is 398 g/mol. The van der Waals surface area contributed by atoms with Gasteiger partial charge in [0.1, 0.15) is 11.9 Å². The predicted molar refractivity (Wildman–Crippen MR) is 104 cm³/mol. The number of hydrogen-bond acceptors (Lipinski definition) is 4. The van der Waals surface area contributed by atoms with E-state index in [1.54, 1.807) is 18.8 Å². The quantitative estimate of drug-likeness (QED) is 0.606. The Morgan fingerprint density at radius 3 is 3.04 bits per heavy atom. The summed E-state index contributed by atoms with van der Waals surface area (Å²) in [4.78, 5) is 6.65. The number of methoxy groups -OCH3 is 1. The molecule has 1 fully saturated rings. The van der Waals surface area contributed by atoms with Gasteiger partial charge in [-0.05, 0) is 18.2 Å². The minimum Gasteiger partial charge on any atom is -0.496 e. The van der Waals surface area contributed by atoms with Crippen molar-refractivity contribution >= 4 is 21.9 Å². The Morgan fingerprint density at radius 2 is 2.35 bits per heavy atom. The molecule has 1 unspecified atom stereocenters. The lowest BCUT2D eigenvalue weighted by atomic mass is 10.1. The van der Waals surface area contributed by atoms with Gasteiger partial charge in [-0.15, -0.1) is 0 Å². The van der Waals surface area contributed by atoms with Crippen molar-refractivity contribution in [3.8, 4) is 5.75 Å². The van der Waals surface area contributed by atoms with Gasteiger partial charge in [-0.3, -0.25) is 9.67 Å². The van der Waals surface area contributed by atoms with Gasteiger partial charge >= 0.3 is 0 Å². The highest BCUT2D eigenvalue weighted by Gasteiger charge is 2.25. The maximum Gasteiger partial charge on any atom is 0.194 e. The molecule has 1 aromatic heterocycles. The summed E-state index contributed by atoms with van der Waals surface area (Å²) in [5.41, 5.74) is 2.15. The summed E-state index contributed by atoms with van der Waals surface area (Å²) < 4.78 is 14.2. The molecule has 1 saturated heterocycles. The minimum absolute atomic E-state index is 0.00333. The molecule has 0 radical (unpaired) electrons. The fourth-order valence-corrected chi connectivity index (χ4v) is 3.45. The van der Waals surface area contributed by atoms with Crippen LogP contribution < -0.4 is 10.1 Å². The molecule has 1 aliphatic rings. The molecule has 0 spiro atoms. The largest absolute Gasteiger partial charge is 0.496 e. The number of hydrogen-bond donors (Lipinski definition) is 1. The number of ether oxygens (including phenoxy) is 2. The fraction of sp³-hybridized carbons (Fsp3) is 0.444. The molecule has 2 heterocycles. The second kappa shape index (κ2) is 8.55. The van der Waals surface area contributed by atoms with Crippen LogP contribution >= 0.6 is 15.9 Å². The molecule has 0 amide bonds. The SMILES string of the molecule is CN=C(NCc1cc(Br)ccc1OC)N1CCOC(c2cnn(C)c2)C1. The molecule has 0 aliphatic carbocycles. The van der Waals surface area contributed by atoms with Gasteiger partial charge in [-0.25, -0.2) is 0 Å². The average molecular weight is 422 g/mol. The highest BCUT2D eigenvalue weighted by molar-refractivity contribution is 9.10. The van der Waals surface area contributed by atoms with Crippen molar-refractivity contribution < 1.29 is 9.47 Å². The van der Waals surface area contributed by atoms with Crippen molar-refractivity contribution in [3.05, 3.63) is 46.2 Å². The lowest BCUT2D eigenvalue weighted by Crippen LogP contribution is -2.47. The zero-order valence-corrected chi connectivity index (χ0v) is 16.9. The number of nitrogens with one attached hydrogen (secondary N) is 1. The third-order valence-corrected chi connectivity index (χ3v) is 4.85. The van der Waals surface area contributed by atoms with Crippen LogP contribution in [0.25, 0.3) is 0 Å². The third-order valence-electron chi connectivity index (χ3n) is 4.35. The molecule has 2 aromatic rings. The van der Waals surface area contributed by atoms with Crippen LogP contribution in [0.2, 0.25) is 0 Å². The van der Waals surface area contributed by atoms with Gasteiger partial charge in [0.2, 0.25) is 0 Å². The van der Waals surface area contributed by atoms with E-state index in [0.29, 0.717) is 13.2 Å². The Balaban J connectivity index is 1.66. The summed E-state index contributed by atoms with van der Waals surface area (Å²) >= 11 is 3.51. The second-order valence-corrected chi connectivity index (χ2v) is 7.03. The van der Waals surface area contributed by atoms with E-state index in [0.717, 1.165) is 40.4 Å². The van der Waals surface area contributed by atoms with E-state index in [1.165, 1.54) is 0 Å². The number of guanidine groups is 1. The van der Waals surface area contributed by atoms with Crippen LogP contribution in [-0.4, -0.2) is 54.5 Å². The molecule has 1 aromatic carbocycles. The number of rotatable bonds is 4. The lowest BCUT2D eigenvalue weighted by Gasteiger charge is -2.34. The van der Waals surface area contributed by atoms with E-state index < -0.39 is 0 Å². The lowest BCUT2D eigenvalue weighted by molar-refractivity contribution is -0.00805. The van der Waals surface area contributed by atoms with Crippen molar-refractivity contribution in [2.75, 3.05) is 33.9 Å². The van der Waals surface area contributed by atoms with Crippen LogP contribution in [0.4, 0.5) is 0 Å². The topological polar surface area (TPSA) is 63.9 Å². The van der Waals surface area contributed by atoms with E-state index in [-0.39, 0.29) is 6.10 Å². The van der Waals surface area contributed by atoms with Crippen LogP contribution in [-0.2, 0) is 18.3 Å². The fourth-order valence-electron chi connectivity index (χ4n) is 3.04. The van der Waals surface area contributed by atoms with Gasteiger partial charge in [0.05, 0.1) is 26.5 Å². The first kappa shape index (κ1) is 18.7. The van der Waals surface area contributed by atoms with Gasteiger partial charge in [0, 0.05) is 49.0 Å². The minimum atomic E-state index is -0.00333. The van der Waals surface area contributed by atoms with E-state index in [4.69, 9.17) is 9.47 Å². The molecular formula is C18H24BrN5O2. The normalized spacial score (nSPS) is 18.1. The van der Waals surface area contributed by atoms with Gasteiger partial charge < -0.3 is 19.7 Å². The zero-order chi connectivity index (χ0) is 18.5. The Bertz CT molecular complexity index is 777. The van der Waals surface area contributed by atoms with Gasteiger partial charge in [0.15, 0.2) is 5.96 Å². The maximum atomic E-state index is 5.91. The molecule has 0 saturated carbocycles.